The van der Waals surface area contributed by atoms with Crippen LogP contribution in [-0.4, -0.2) is 24.4 Å². The second kappa shape index (κ2) is 5.65. The van der Waals surface area contributed by atoms with Gasteiger partial charge in [0.25, 0.3) is 0 Å². The maximum Gasteiger partial charge on any atom is 0.219 e. The van der Waals surface area contributed by atoms with Crippen LogP contribution in [0.5, 0.6) is 5.75 Å². The highest BCUT2D eigenvalue weighted by molar-refractivity contribution is 7.15. The van der Waals surface area contributed by atoms with Crippen LogP contribution in [-0.2, 0) is 6.54 Å². The molecule has 2 rings (SSSR count). The number of hydrogen-bond acceptors (Lipinski definition) is 7. The first kappa shape index (κ1) is 12.6. The van der Waals surface area contributed by atoms with Crippen molar-refractivity contribution < 1.29 is 4.74 Å². The Labute approximate surface area is 109 Å². The summed E-state index contributed by atoms with van der Waals surface area (Å²) in [5.74, 6) is 6.11. The fourth-order valence-electron chi connectivity index (χ4n) is 1.61. The van der Waals surface area contributed by atoms with E-state index in [9.17, 15) is 0 Å². The first-order chi connectivity index (χ1) is 8.74. The molecule has 0 fully saturated rings. The van der Waals surface area contributed by atoms with E-state index in [1.54, 1.807) is 7.11 Å². The van der Waals surface area contributed by atoms with Gasteiger partial charge in [0.2, 0.25) is 5.13 Å². The topological polar surface area (TPSA) is 76.3 Å². The van der Waals surface area contributed by atoms with Crippen molar-refractivity contribution in [3.63, 3.8) is 0 Å². The van der Waals surface area contributed by atoms with Gasteiger partial charge in [0.05, 0.1) is 19.3 Å². The van der Waals surface area contributed by atoms with Crippen LogP contribution in [0.2, 0.25) is 0 Å². The van der Waals surface area contributed by atoms with Crippen LogP contribution in [0.25, 0.3) is 0 Å². The average molecular weight is 265 g/mol. The Balaban J connectivity index is 2.13. The molecule has 6 nitrogen and oxygen atoms in total. The summed E-state index contributed by atoms with van der Waals surface area (Å²) in [5.41, 5.74) is 3.50. The third-order valence-corrected chi connectivity index (χ3v) is 3.30. The minimum atomic E-state index is 0.610. The van der Waals surface area contributed by atoms with Crippen molar-refractivity contribution in [1.82, 2.24) is 10.2 Å². The standard InChI is InChI=1S/C11H15N5OS/c1-16(7-10-14-15-11(13-12)18-10)8-5-3-4-6-9(8)17-2/h3-6H,7,12H2,1-2H3,(H,13,15). The lowest BCUT2D eigenvalue weighted by Gasteiger charge is -2.20. The summed E-state index contributed by atoms with van der Waals surface area (Å²) in [4.78, 5) is 2.06. The predicted molar refractivity (Wildman–Crippen MR) is 72.8 cm³/mol. The molecule has 0 radical (unpaired) electrons. The van der Waals surface area contributed by atoms with Gasteiger partial charge in [-0.3, -0.25) is 5.43 Å². The number of anilines is 2. The Morgan fingerprint density at radius 3 is 2.83 bits per heavy atom. The van der Waals surface area contributed by atoms with Crippen LogP contribution < -0.4 is 20.9 Å². The van der Waals surface area contributed by atoms with E-state index in [1.165, 1.54) is 11.3 Å². The number of rotatable bonds is 5. The largest absolute Gasteiger partial charge is 0.495 e. The molecule has 18 heavy (non-hydrogen) atoms. The fraction of sp³-hybridized carbons (Fsp3) is 0.273. The van der Waals surface area contributed by atoms with E-state index in [4.69, 9.17) is 10.6 Å². The van der Waals surface area contributed by atoms with E-state index < -0.39 is 0 Å². The molecule has 96 valence electrons. The molecular weight excluding hydrogens is 250 g/mol. The molecule has 0 saturated heterocycles. The van der Waals surface area contributed by atoms with Crippen LogP contribution in [0, 0.1) is 0 Å². The maximum atomic E-state index is 5.32. The Morgan fingerprint density at radius 2 is 2.17 bits per heavy atom. The van der Waals surface area contributed by atoms with Gasteiger partial charge in [-0.15, -0.1) is 10.2 Å². The third kappa shape index (κ3) is 2.69. The number of aromatic nitrogens is 2. The highest BCUT2D eigenvalue weighted by atomic mass is 32.1. The Morgan fingerprint density at radius 1 is 1.39 bits per heavy atom. The molecule has 7 heteroatoms. The van der Waals surface area contributed by atoms with E-state index in [0.29, 0.717) is 11.7 Å². The van der Waals surface area contributed by atoms with Crippen LogP contribution in [0.4, 0.5) is 10.8 Å². The molecular formula is C11H15N5OS. The van der Waals surface area contributed by atoms with E-state index in [1.807, 2.05) is 31.3 Å². The van der Waals surface area contributed by atoms with Crippen molar-refractivity contribution in [1.29, 1.82) is 0 Å². The molecule has 0 aliphatic heterocycles. The molecule has 1 aromatic carbocycles. The van der Waals surface area contributed by atoms with E-state index >= 15 is 0 Å². The van der Waals surface area contributed by atoms with E-state index in [0.717, 1.165) is 16.4 Å². The predicted octanol–water partition coefficient (Wildman–Crippen LogP) is 1.47. The summed E-state index contributed by atoms with van der Waals surface area (Å²) in [5, 5.41) is 9.45. The number of nitrogens with one attached hydrogen (secondary N) is 1. The van der Waals surface area contributed by atoms with Gasteiger partial charge < -0.3 is 9.64 Å². The molecule has 0 unspecified atom stereocenters. The van der Waals surface area contributed by atoms with Crippen molar-refractivity contribution in [2.24, 2.45) is 5.84 Å². The quantitative estimate of drug-likeness (QED) is 0.630. The molecule has 3 N–H and O–H groups in total. The summed E-state index contributed by atoms with van der Waals surface area (Å²) in [6.07, 6.45) is 0. The zero-order valence-corrected chi connectivity index (χ0v) is 11.1. The van der Waals surface area contributed by atoms with Crippen molar-refractivity contribution in [3.8, 4) is 5.75 Å². The normalized spacial score (nSPS) is 10.2. The van der Waals surface area contributed by atoms with Gasteiger partial charge in [-0.25, -0.2) is 5.84 Å². The SMILES string of the molecule is COc1ccccc1N(C)Cc1nnc(NN)s1. The summed E-state index contributed by atoms with van der Waals surface area (Å²) in [6, 6.07) is 7.85. The van der Waals surface area contributed by atoms with Crippen molar-refractivity contribution in [3.05, 3.63) is 29.3 Å². The van der Waals surface area contributed by atoms with Gasteiger partial charge in [0.1, 0.15) is 10.8 Å². The molecule has 2 aromatic rings. The smallest absolute Gasteiger partial charge is 0.219 e. The molecule has 0 bridgehead atoms. The van der Waals surface area contributed by atoms with Crippen LogP contribution in [0.1, 0.15) is 5.01 Å². The Bertz CT molecular complexity index is 516. The molecule has 0 atom stereocenters. The highest BCUT2D eigenvalue weighted by Gasteiger charge is 2.10. The average Bonchev–Trinajstić information content (AvgIpc) is 2.86. The number of para-hydroxylation sites is 2. The van der Waals surface area contributed by atoms with Gasteiger partial charge in [0, 0.05) is 7.05 Å². The molecule has 0 aliphatic rings. The second-order valence-electron chi connectivity index (χ2n) is 3.67. The number of ether oxygens (including phenoxy) is 1. The number of hydrogen-bond donors (Lipinski definition) is 2. The number of benzene rings is 1. The number of nitrogens with two attached hydrogens (primary N) is 1. The fourth-order valence-corrected chi connectivity index (χ4v) is 2.31. The molecule has 0 aliphatic carbocycles. The Hall–Kier alpha value is -1.86. The third-order valence-electron chi connectivity index (χ3n) is 2.46. The Kier molecular flexibility index (Phi) is 3.96. The molecule has 1 heterocycles. The van der Waals surface area contributed by atoms with Gasteiger partial charge in [-0.05, 0) is 12.1 Å². The maximum absolute atomic E-state index is 5.32. The summed E-state index contributed by atoms with van der Waals surface area (Å²) >= 11 is 1.43. The lowest BCUT2D eigenvalue weighted by atomic mass is 10.2. The molecule has 0 saturated carbocycles. The molecule has 0 amide bonds. The second-order valence-corrected chi connectivity index (χ2v) is 4.74. The lowest BCUT2D eigenvalue weighted by Crippen LogP contribution is -2.17. The summed E-state index contributed by atoms with van der Waals surface area (Å²) in [6.45, 7) is 0.653. The van der Waals surface area contributed by atoms with Crippen molar-refractivity contribution >= 4 is 22.2 Å². The monoisotopic (exact) mass is 265 g/mol. The van der Waals surface area contributed by atoms with Crippen molar-refractivity contribution in [2.45, 2.75) is 6.54 Å². The van der Waals surface area contributed by atoms with Gasteiger partial charge >= 0.3 is 0 Å². The number of methoxy groups -OCH3 is 1. The van der Waals surface area contributed by atoms with E-state index in [2.05, 4.69) is 20.5 Å². The molecule has 1 aromatic heterocycles. The minimum Gasteiger partial charge on any atom is -0.495 e. The van der Waals surface area contributed by atoms with Crippen LogP contribution >= 0.6 is 11.3 Å². The van der Waals surface area contributed by atoms with Crippen LogP contribution in [0.15, 0.2) is 24.3 Å². The molecule has 0 spiro atoms. The van der Waals surface area contributed by atoms with Gasteiger partial charge in [-0.1, -0.05) is 23.5 Å². The summed E-state index contributed by atoms with van der Waals surface area (Å²) in [7, 11) is 3.64. The van der Waals surface area contributed by atoms with Crippen LogP contribution in [0.3, 0.4) is 0 Å². The number of nitrogens with zero attached hydrogens (tertiary/aromatic N) is 3. The zero-order chi connectivity index (χ0) is 13.0. The minimum absolute atomic E-state index is 0.610. The van der Waals surface area contributed by atoms with Gasteiger partial charge in [-0.2, -0.15) is 0 Å². The lowest BCUT2D eigenvalue weighted by molar-refractivity contribution is 0.415. The summed E-state index contributed by atoms with van der Waals surface area (Å²) < 4.78 is 5.32. The number of hydrazine groups is 1. The number of nitrogen functional groups attached to an aromatic ring is 1. The first-order valence-electron chi connectivity index (χ1n) is 5.37. The first-order valence-corrected chi connectivity index (χ1v) is 6.19. The van der Waals surface area contributed by atoms with Gasteiger partial charge in [0.15, 0.2) is 0 Å². The zero-order valence-electron chi connectivity index (χ0n) is 10.3. The van der Waals surface area contributed by atoms with E-state index in [-0.39, 0.29) is 0 Å². The van der Waals surface area contributed by atoms with Crippen molar-refractivity contribution in [2.75, 3.05) is 24.5 Å². The highest BCUT2D eigenvalue weighted by Crippen LogP contribution is 2.28.